The summed E-state index contributed by atoms with van der Waals surface area (Å²) in [6.07, 6.45) is 0.387. The number of carbonyl (C=O) groups is 2. The van der Waals surface area contributed by atoms with Crippen LogP contribution in [0, 0.1) is 6.92 Å². The molecular formula is C22H21N3O4. The number of aromatic nitrogens is 2. The number of para-hydroxylation sites is 1. The third kappa shape index (κ3) is 3.40. The first-order valence-corrected chi connectivity index (χ1v) is 9.40. The zero-order chi connectivity index (χ0) is 20.5. The third-order valence-electron chi connectivity index (χ3n) is 5.39. The summed E-state index contributed by atoms with van der Waals surface area (Å²) in [6.45, 7) is 1.81. The van der Waals surface area contributed by atoms with E-state index in [9.17, 15) is 14.4 Å². The first-order chi connectivity index (χ1) is 14.0. The van der Waals surface area contributed by atoms with Gasteiger partial charge in [-0.3, -0.25) is 14.2 Å². The summed E-state index contributed by atoms with van der Waals surface area (Å²) in [6, 6.07) is 14.0. The standard InChI is InChI=1S/C22H21N3O4/c1-14-23-18-10-6-5-9-17(18)21(27)24(14)13-20(26)25-12-16-8-4-3-7-15(16)11-19(25)22(28)29-2/h3-10,19H,11-13H2,1-2H3/t19-/m0/s1. The van der Waals surface area contributed by atoms with E-state index in [0.29, 0.717) is 29.7 Å². The maximum atomic E-state index is 13.2. The molecule has 0 aliphatic carbocycles. The molecule has 0 saturated carbocycles. The lowest BCUT2D eigenvalue weighted by Crippen LogP contribution is -2.50. The van der Waals surface area contributed by atoms with Crippen LogP contribution in [0.5, 0.6) is 0 Å². The Morgan fingerprint density at radius 3 is 2.55 bits per heavy atom. The Labute approximate surface area is 167 Å². The Morgan fingerprint density at radius 1 is 1.10 bits per heavy atom. The average Bonchev–Trinajstić information content (AvgIpc) is 2.75. The van der Waals surface area contributed by atoms with Crippen LogP contribution < -0.4 is 5.56 Å². The van der Waals surface area contributed by atoms with Gasteiger partial charge in [-0.05, 0) is 30.2 Å². The highest BCUT2D eigenvalue weighted by atomic mass is 16.5. The molecule has 29 heavy (non-hydrogen) atoms. The van der Waals surface area contributed by atoms with Gasteiger partial charge in [-0.2, -0.15) is 0 Å². The number of ether oxygens (including phenoxy) is 1. The first kappa shape index (κ1) is 18.9. The lowest BCUT2D eigenvalue weighted by molar-refractivity contribution is -0.154. The summed E-state index contributed by atoms with van der Waals surface area (Å²) in [5.41, 5.74) is 2.33. The Balaban J connectivity index is 1.69. The van der Waals surface area contributed by atoms with Crippen molar-refractivity contribution in [3.63, 3.8) is 0 Å². The molecule has 0 spiro atoms. The lowest BCUT2D eigenvalue weighted by atomic mass is 9.94. The number of carbonyl (C=O) groups excluding carboxylic acids is 2. The van der Waals surface area contributed by atoms with E-state index in [1.807, 2.05) is 30.3 Å². The molecular weight excluding hydrogens is 370 g/mol. The first-order valence-electron chi connectivity index (χ1n) is 9.40. The van der Waals surface area contributed by atoms with E-state index < -0.39 is 12.0 Å². The average molecular weight is 391 g/mol. The van der Waals surface area contributed by atoms with Gasteiger partial charge >= 0.3 is 5.97 Å². The van der Waals surface area contributed by atoms with E-state index in [4.69, 9.17) is 4.74 Å². The molecule has 0 radical (unpaired) electrons. The molecule has 2 heterocycles. The molecule has 1 atom stereocenters. The molecule has 0 unspecified atom stereocenters. The maximum absolute atomic E-state index is 13.2. The molecule has 1 aliphatic heterocycles. The summed E-state index contributed by atoms with van der Waals surface area (Å²) in [5, 5.41) is 0.458. The summed E-state index contributed by atoms with van der Waals surface area (Å²) in [5.74, 6) is -0.333. The summed E-state index contributed by atoms with van der Waals surface area (Å²) >= 11 is 0. The van der Waals surface area contributed by atoms with Gasteiger partial charge in [-0.15, -0.1) is 0 Å². The van der Waals surface area contributed by atoms with Gasteiger partial charge in [0.1, 0.15) is 18.4 Å². The minimum absolute atomic E-state index is 0.182. The molecule has 0 saturated heterocycles. The molecule has 3 aromatic rings. The number of fused-ring (bicyclic) bond motifs is 2. The van der Waals surface area contributed by atoms with Crippen LogP contribution in [-0.2, 0) is 33.8 Å². The van der Waals surface area contributed by atoms with Crippen LogP contribution in [0.2, 0.25) is 0 Å². The number of hydrogen-bond acceptors (Lipinski definition) is 5. The van der Waals surface area contributed by atoms with Crippen LogP contribution >= 0.6 is 0 Å². The number of amides is 1. The zero-order valence-electron chi connectivity index (χ0n) is 16.3. The van der Waals surface area contributed by atoms with Gasteiger partial charge in [-0.1, -0.05) is 36.4 Å². The lowest BCUT2D eigenvalue weighted by Gasteiger charge is -2.35. The number of benzene rings is 2. The molecule has 148 valence electrons. The van der Waals surface area contributed by atoms with Crippen LogP contribution in [0.25, 0.3) is 10.9 Å². The fourth-order valence-corrected chi connectivity index (χ4v) is 3.82. The molecule has 7 heteroatoms. The molecule has 1 amide bonds. The van der Waals surface area contributed by atoms with Gasteiger partial charge in [0.05, 0.1) is 18.0 Å². The van der Waals surface area contributed by atoms with Crippen LogP contribution in [0.3, 0.4) is 0 Å². The van der Waals surface area contributed by atoms with Gasteiger partial charge in [-0.25, -0.2) is 9.78 Å². The molecule has 1 aliphatic rings. The van der Waals surface area contributed by atoms with Crippen LogP contribution in [0.1, 0.15) is 17.0 Å². The largest absolute Gasteiger partial charge is 0.467 e. The van der Waals surface area contributed by atoms with Gasteiger partial charge in [0.15, 0.2) is 0 Å². The van der Waals surface area contributed by atoms with E-state index in [-0.39, 0.29) is 18.0 Å². The molecule has 2 aromatic carbocycles. The van der Waals surface area contributed by atoms with Crippen molar-refractivity contribution in [1.29, 1.82) is 0 Å². The number of esters is 1. The van der Waals surface area contributed by atoms with Gasteiger partial charge in [0.25, 0.3) is 5.56 Å². The number of rotatable bonds is 3. The predicted octanol–water partition coefficient (Wildman–Crippen LogP) is 1.83. The fourth-order valence-electron chi connectivity index (χ4n) is 3.82. The van der Waals surface area contributed by atoms with Crippen molar-refractivity contribution in [3.8, 4) is 0 Å². The second kappa shape index (κ2) is 7.50. The predicted molar refractivity (Wildman–Crippen MR) is 107 cm³/mol. The smallest absolute Gasteiger partial charge is 0.328 e. The minimum atomic E-state index is -0.716. The van der Waals surface area contributed by atoms with E-state index >= 15 is 0 Å². The normalized spacial score (nSPS) is 15.8. The Hall–Kier alpha value is -3.48. The molecule has 7 nitrogen and oxygen atoms in total. The van der Waals surface area contributed by atoms with Crippen molar-refractivity contribution in [2.45, 2.75) is 32.5 Å². The second-order valence-corrected chi connectivity index (χ2v) is 7.10. The monoisotopic (exact) mass is 391 g/mol. The number of nitrogens with zero attached hydrogens (tertiary/aromatic N) is 3. The van der Waals surface area contributed by atoms with Crippen molar-refractivity contribution >= 4 is 22.8 Å². The van der Waals surface area contributed by atoms with Crippen molar-refractivity contribution in [3.05, 3.63) is 75.8 Å². The van der Waals surface area contributed by atoms with Gasteiger partial charge < -0.3 is 9.64 Å². The third-order valence-corrected chi connectivity index (χ3v) is 5.39. The molecule has 4 rings (SSSR count). The zero-order valence-corrected chi connectivity index (χ0v) is 16.3. The molecule has 0 fully saturated rings. The highest BCUT2D eigenvalue weighted by Crippen LogP contribution is 2.24. The summed E-state index contributed by atoms with van der Waals surface area (Å²) in [7, 11) is 1.31. The topological polar surface area (TPSA) is 81.5 Å². The number of methoxy groups -OCH3 is 1. The summed E-state index contributed by atoms with van der Waals surface area (Å²) < 4.78 is 6.29. The van der Waals surface area contributed by atoms with Crippen LogP contribution in [-0.4, -0.2) is 39.5 Å². The van der Waals surface area contributed by atoms with Crippen molar-refractivity contribution in [2.24, 2.45) is 0 Å². The number of hydrogen-bond donors (Lipinski definition) is 0. The molecule has 0 N–H and O–H groups in total. The summed E-state index contributed by atoms with van der Waals surface area (Å²) in [4.78, 5) is 44.4. The van der Waals surface area contributed by atoms with Crippen LogP contribution in [0.4, 0.5) is 0 Å². The SMILES string of the molecule is COC(=O)[C@@H]1Cc2ccccc2CN1C(=O)Cn1c(C)nc2ccccc2c1=O. The Kier molecular flexibility index (Phi) is 4.88. The van der Waals surface area contributed by atoms with E-state index in [2.05, 4.69) is 4.98 Å². The quantitative estimate of drug-likeness (QED) is 0.637. The second-order valence-electron chi connectivity index (χ2n) is 7.10. The van der Waals surface area contributed by atoms with Crippen molar-refractivity contribution in [2.75, 3.05) is 7.11 Å². The van der Waals surface area contributed by atoms with Crippen molar-refractivity contribution < 1.29 is 14.3 Å². The highest BCUT2D eigenvalue weighted by Gasteiger charge is 2.35. The minimum Gasteiger partial charge on any atom is -0.467 e. The molecule has 0 bridgehead atoms. The molecule has 1 aromatic heterocycles. The van der Waals surface area contributed by atoms with E-state index in [0.717, 1.165) is 11.1 Å². The van der Waals surface area contributed by atoms with E-state index in [1.165, 1.54) is 16.6 Å². The fraction of sp³-hybridized carbons (Fsp3) is 0.273. The van der Waals surface area contributed by atoms with Gasteiger partial charge in [0.2, 0.25) is 5.91 Å². The number of aryl methyl sites for hydroxylation is 1. The Bertz CT molecular complexity index is 1170. The van der Waals surface area contributed by atoms with Crippen molar-refractivity contribution in [1.82, 2.24) is 14.5 Å². The van der Waals surface area contributed by atoms with E-state index in [1.54, 1.807) is 25.1 Å². The van der Waals surface area contributed by atoms with Gasteiger partial charge in [0, 0.05) is 13.0 Å². The van der Waals surface area contributed by atoms with Crippen LogP contribution in [0.15, 0.2) is 53.3 Å². The highest BCUT2D eigenvalue weighted by molar-refractivity contribution is 5.85. The maximum Gasteiger partial charge on any atom is 0.328 e. The Morgan fingerprint density at radius 2 is 1.79 bits per heavy atom.